The van der Waals surface area contributed by atoms with Crippen LogP contribution in [0.2, 0.25) is 0 Å². The van der Waals surface area contributed by atoms with Crippen molar-refractivity contribution in [1.29, 1.82) is 0 Å². The molecule has 7 nitrogen and oxygen atoms in total. The van der Waals surface area contributed by atoms with Crippen molar-refractivity contribution < 1.29 is 23.9 Å². The Balaban J connectivity index is 1.95. The number of hydrogen-bond acceptors (Lipinski definition) is 6. The van der Waals surface area contributed by atoms with E-state index < -0.39 is 11.9 Å². The van der Waals surface area contributed by atoms with Gasteiger partial charge in [0.15, 0.2) is 0 Å². The number of anilines is 2. The molecule has 2 N–H and O–H groups in total. The Hall–Kier alpha value is -3.35. The molecule has 0 aliphatic carbocycles. The van der Waals surface area contributed by atoms with Crippen LogP contribution < -0.4 is 10.6 Å². The molecule has 25 heavy (non-hydrogen) atoms. The van der Waals surface area contributed by atoms with Gasteiger partial charge in [-0.3, -0.25) is 4.79 Å². The van der Waals surface area contributed by atoms with Crippen molar-refractivity contribution in [3.63, 3.8) is 0 Å². The maximum absolute atomic E-state index is 12.0. The van der Waals surface area contributed by atoms with Gasteiger partial charge < -0.3 is 20.1 Å². The fraction of sp³-hybridized carbons (Fsp3) is 0.167. The SMILES string of the molecule is COC(=O)c1cccc(NCC(=O)Nc2cccc(C(=O)OC)c2)c1. The minimum absolute atomic E-state index is 0.00687. The quantitative estimate of drug-likeness (QED) is 0.783. The van der Waals surface area contributed by atoms with Crippen molar-refractivity contribution in [3.8, 4) is 0 Å². The van der Waals surface area contributed by atoms with Crippen LogP contribution in [0.25, 0.3) is 0 Å². The Morgan fingerprint density at radius 2 is 1.36 bits per heavy atom. The number of ether oxygens (including phenoxy) is 2. The van der Waals surface area contributed by atoms with Crippen LogP contribution >= 0.6 is 0 Å². The summed E-state index contributed by atoms with van der Waals surface area (Å²) in [5.74, 6) is -1.23. The van der Waals surface area contributed by atoms with Crippen LogP contribution in [0.4, 0.5) is 11.4 Å². The zero-order chi connectivity index (χ0) is 18.2. The lowest BCUT2D eigenvalue weighted by molar-refractivity contribution is -0.114. The molecule has 0 aliphatic heterocycles. The molecule has 7 heteroatoms. The number of methoxy groups -OCH3 is 2. The number of amides is 1. The minimum atomic E-state index is -0.478. The number of rotatable bonds is 6. The fourth-order valence-electron chi connectivity index (χ4n) is 2.10. The molecule has 130 valence electrons. The van der Waals surface area contributed by atoms with Gasteiger partial charge in [-0.05, 0) is 36.4 Å². The van der Waals surface area contributed by atoms with E-state index in [0.717, 1.165) is 0 Å². The highest BCUT2D eigenvalue weighted by Gasteiger charge is 2.09. The number of carbonyl (C=O) groups is 3. The summed E-state index contributed by atoms with van der Waals surface area (Å²) in [5.41, 5.74) is 1.83. The summed E-state index contributed by atoms with van der Waals surface area (Å²) in [5, 5.41) is 5.60. The van der Waals surface area contributed by atoms with Gasteiger partial charge in [0.2, 0.25) is 5.91 Å². The van der Waals surface area contributed by atoms with Crippen molar-refractivity contribution in [3.05, 3.63) is 59.7 Å². The first-order valence-electron chi connectivity index (χ1n) is 7.44. The Morgan fingerprint density at radius 1 is 0.840 bits per heavy atom. The molecule has 1 amide bonds. The van der Waals surface area contributed by atoms with E-state index in [0.29, 0.717) is 22.5 Å². The second-order valence-electron chi connectivity index (χ2n) is 5.05. The smallest absolute Gasteiger partial charge is 0.337 e. The van der Waals surface area contributed by atoms with Crippen molar-refractivity contribution in [2.45, 2.75) is 0 Å². The first-order chi connectivity index (χ1) is 12.0. The molecule has 0 saturated carbocycles. The number of hydrogen-bond donors (Lipinski definition) is 2. The van der Waals surface area contributed by atoms with E-state index in [2.05, 4.69) is 20.1 Å². The van der Waals surface area contributed by atoms with E-state index in [-0.39, 0.29) is 12.5 Å². The van der Waals surface area contributed by atoms with Gasteiger partial charge in [-0.1, -0.05) is 12.1 Å². The lowest BCUT2D eigenvalue weighted by Gasteiger charge is -2.09. The van der Waals surface area contributed by atoms with Gasteiger partial charge in [-0.25, -0.2) is 9.59 Å². The minimum Gasteiger partial charge on any atom is -0.465 e. The lowest BCUT2D eigenvalue weighted by atomic mass is 10.2. The van der Waals surface area contributed by atoms with Gasteiger partial charge >= 0.3 is 11.9 Å². The van der Waals surface area contributed by atoms with Gasteiger partial charge in [-0.2, -0.15) is 0 Å². The first-order valence-corrected chi connectivity index (χ1v) is 7.44. The number of nitrogens with one attached hydrogen (secondary N) is 2. The van der Waals surface area contributed by atoms with E-state index in [1.807, 2.05) is 0 Å². The predicted molar refractivity (Wildman–Crippen MR) is 92.7 cm³/mol. The van der Waals surface area contributed by atoms with Gasteiger partial charge in [0, 0.05) is 11.4 Å². The van der Waals surface area contributed by atoms with Crippen molar-refractivity contribution in [2.24, 2.45) is 0 Å². The lowest BCUT2D eigenvalue weighted by Crippen LogP contribution is -2.22. The van der Waals surface area contributed by atoms with Crippen LogP contribution in [-0.4, -0.2) is 38.6 Å². The third-order valence-corrected chi connectivity index (χ3v) is 3.30. The van der Waals surface area contributed by atoms with Crippen LogP contribution in [0.3, 0.4) is 0 Å². The molecule has 0 heterocycles. The molecule has 2 rings (SSSR count). The first kappa shape index (κ1) is 18.0. The predicted octanol–water partition coefficient (Wildman–Crippen LogP) is 2.31. The van der Waals surface area contributed by atoms with Crippen LogP contribution in [0.1, 0.15) is 20.7 Å². The zero-order valence-electron chi connectivity index (χ0n) is 13.9. The monoisotopic (exact) mass is 342 g/mol. The summed E-state index contributed by atoms with van der Waals surface area (Å²) < 4.78 is 9.29. The maximum atomic E-state index is 12.0. The molecule has 0 spiro atoms. The second-order valence-corrected chi connectivity index (χ2v) is 5.05. The molecule has 2 aromatic rings. The standard InChI is InChI=1S/C18H18N2O5/c1-24-17(22)12-5-3-7-14(9-12)19-11-16(21)20-15-8-4-6-13(10-15)18(23)25-2/h3-10,19H,11H2,1-2H3,(H,20,21). The molecule has 0 fully saturated rings. The van der Waals surface area contributed by atoms with E-state index in [9.17, 15) is 14.4 Å². The third kappa shape index (κ3) is 5.07. The topological polar surface area (TPSA) is 93.7 Å². The summed E-state index contributed by atoms with van der Waals surface area (Å²) in [6.45, 7) is -0.00687. The summed E-state index contributed by atoms with van der Waals surface area (Å²) >= 11 is 0. The number of benzene rings is 2. The van der Waals surface area contributed by atoms with Crippen molar-refractivity contribution >= 4 is 29.2 Å². The molecular weight excluding hydrogens is 324 g/mol. The highest BCUT2D eigenvalue weighted by molar-refractivity contribution is 5.96. The van der Waals surface area contributed by atoms with Crippen molar-refractivity contribution in [1.82, 2.24) is 0 Å². The van der Waals surface area contributed by atoms with Gasteiger partial charge in [0.25, 0.3) is 0 Å². The van der Waals surface area contributed by atoms with E-state index >= 15 is 0 Å². The van der Waals surface area contributed by atoms with Crippen LogP contribution in [0.5, 0.6) is 0 Å². The molecule has 2 aromatic carbocycles. The average Bonchev–Trinajstić information content (AvgIpc) is 2.65. The van der Waals surface area contributed by atoms with Crippen LogP contribution in [-0.2, 0) is 14.3 Å². The van der Waals surface area contributed by atoms with Gasteiger partial charge in [0.05, 0.1) is 31.9 Å². The molecule has 0 saturated heterocycles. The van der Waals surface area contributed by atoms with Crippen LogP contribution in [0, 0.1) is 0 Å². The summed E-state index contributed by atoms with van der Waals surface area (Å²) in [6, 6.07) is 13.1. The Bertz CT molecular complexity index is 789. The second kappa shape index (κ2) is 8.49. The van der Waals surface area contributed by atoms with E-state index in [4.69, 9.17) is 0 Å². The molecule has 0 bridgehead atoms. The average molecular weight is 342 g/mol. The summed E-state index contributed by atoms with van der Waals surface area (Å²) in [6.07, 6.45) is 0. The highest BCUT2D eigenvalue weighted by Crippen LogP contribution is 2.13. The molecule has 0 unspecified atom stereocenters. The normalized spacial score (nSPS) is 9.84. The fourth-order valence-corrected chi connectivity index (χ4v) is 2.10. The zero-order valence-corrected chi connectivity index (χ0v) is 13.9. The number of esters is 2. The molecule has 0 radical (unpaired) electrons. The van der Waals surface area contributed by atoms with Crippen LogP contribution in [0.15, 0.2) is 48.5 Å². The largest absolute Gasteiger partial charge is 0.465 e. The third-order valence-electron chi connectivity index (χ3n) is 3.30. The summed E-state index contributed by atoms with van der Waals surface area (Å²) in [7, 11) is 2.60. The molecule has 0 aliphatic rings. The number of carbonyl (C=O) groups excluding carboxylic acids is 3. The Labute approximate surface area is 144 Å². The Morgan fingerprint density at radius 3 is 1.92 bits per heavy atom. The molecule has 0 aromatic heterocycles. The van der Waals surface area contributed by atoms with E-state index in [1.54, 1.807) is 42.5 Å². The van der Waals surface area contributed by atoms with Crippen molar-refractivity contribution in [2.75, 3.05) is 31.4 Å². The highest BCUT2D eigenvalue weighted by atomic mass is 16.5. The summed E-state index contributed by atoms with van der Waals surface area (Å²) in [4.78, 5) is 35.0. The van der Waals surface area contributed by atoms with Gasteiger partial charge in [0.1, 0.15) is 0 Å². The molecule has 0 atom stereocenters. The van der Waals surface area contributed by atoms with Gasteiger partial charge in [-0.15, -0.1) is 0 Å². The Kier molecular flexibility index (Phi) is 6.11. The molecular formula is C18H18N2O5. The maximum Gasteiger partial charge on any atom is 0.337 e. The van der Waals surface area contributed by atoms with E-state index in [1.165, 1.54) is 20.3 Å².